The standard InChI is InChI=1S/C13H12N2O4/c1-9-6-7-10(19-9)8-13(16)14-11-4-2-3-5-12(11)15(17)18/h2-7H,8H2,1H3,(H,14,16). The van der Waals surface area contributed by atoms with Crippen molar-refractivity contribution in [3.05, 3.63) is 58.0 Å². The fraction of sp³-hybridized carbons (Fsp3) is 0.154. The molecule has 1 N–H and O–H groups in total. The zero-order valence-electron chi connectivity index (χ0n) is 10.3. The molecule has 1 aromatic heterocycles. The van der Waals surface area contributed by atoms with Gasteiger partial charge >= 0.3 is 0 Å². The van der Waals surface area contributed by atoms with Crippen molar-refractivity contribution in [2.75, 3.05) is 5.32 Å². The Bertz CT molecular complexity index is 619. The fourth-order valence-electron chi connectivity index (χ4n) is 1.67. The van der Waals surface area contributed by atoms with Crippen LogP contribution in [0.1, 0.15) is 11.5 Å². The summed E-state index contributed by atoms with van der Waals surface area (Å²) in [5, 5.41) is 13.3. The van der Waals surface area contributed by atoms with E-state index in [0.29, 0.717) is 11.5 Å². The second-order valence-electron chi connectivity index (χ2n) is 4.01. The van der Waals surface area contributed by atoms with Crippen molar-refractivity contribution < 1.29 is 14.1 Å². The lowest BCUT2D eigenvalue weighted by molar-refractivity contribution is -0.383. The molecule has 2 aromatic rings. The number of aryl methyl sites for hydroxylation is 1. The molecule has 0 aliphatic rings. The third-order valence-electron chi connectivity index (χ3n) is 2.51. The van der Waals surface area contributed by atoms with E-state index in [9.17, 15) is 14.9 Å². The van der Waals surface area contributed by atoms with E-state index in [2.05, 4.69) is 5.32 Å². The van der Waals surface area contributed by atoms with E-state index in [0.717, 1.165) is 0 Å². The van der Waals surface area contributed by atoms with E-state index < -0.39 is 4.92 Å². The van der Waals surface area contributed by atoms with E-state index in [4.69, 9.17) is 4.42 Å². The number of nitrogens with zero attached hydrogens (tertiary/aromatic N) is 1. The van der Waals surface area contributed by atoms with Gasteiger partial charge in [0.15, 0.2) is 0 Å². The number of furan rings is 1. The highest BCUT2D eigenvalue weighted by molar-refractivity contribution is 5.94. The second kappa shape index (κ2) is 5.34. The number of carbonyl (C=O) groups excluding carboxylic acids is 1. The summed E-state index contributed by atoms with van der Waals surface area (Å²) < 4.78 is 5.27. The number of hydrogen-bond acceptors (Lipinski definition) is 4. The molecule has 6 nitrogen and oxygen atoms in total. The van der Waals surface area contributed by atoms with Gasteiger partial charge in [0.1, 0.15) is 17.2 Å². The summed E-state index contributed by atoms with van der Waals surface area (Å²) in [6.45, 7) is 1.78. The smallest absolute Gasteiger partial charge is 0.292 e. The largest absolute Gasteiger partial charge is 0.466 e. The van der Waals surface area contributed by atoms with Crippen LogP contribution in [0.2, 0.25) is 0 Å². The summed E-state index contributed by atoms with van der Waals surface area (Å²) in [5.41, 5.74) is 0.0484. The highest BCUT2D eigenvalue weighted by Gasteiger charge is 2.15. The highest BCUT2D eigenvalue weighted by atomic mass is 16.6. The quantitative estimate of drug-likeness (QED) is 0.676. The number of carbonyl (C=O) groups is 1. The first-order valence-corrected chi connectivity index (χ1v) is 5.65. The van der Waals surface area contributed by atoms with Crippen LogP contribution in [-0.2, 0) is 11.2 Å². The lowest BCUT2D eigenvalue weighted by Crippen LogP contribution is -2.15. The molecule has 2 rings (SSSR count). The number of nitro benzene ring substituents is 1. The van der Waals surface area contributed by atoms with Gasteiger partial charge in [0, 0.05) is 6.07 Å². The van der Waals surface area contributed by atoms with Gasteiger partial charge in [0.05, 0.1) is 11.3 Å². The van der Waals surface area contributed by atoms with E-state index in [1.165, 1.54) is 12.1 Å². The van der Waals surface area contributed by atoms with Gasteiger partial charge in [-0.3, -0.25) is 14.9 Å². The van der Waals surface area contributed by atoms with E-state index >= 15 is 0 Å². The highest BCUT2D eigenvalue weighted by Crippen LogP contribution is 2.23. The Hall–Kier alpha value is -2.63. The van der Waals surface area contributed by atoms with E-state index in [1.54, 1.807) is 31.2 Å². The molecule has 98 valence electrons. The van der Waals surface area contributed by atoms with Gasteiger partial charge in [-0.2, -0.15) is 0 Å². The number of anilines is 1. The first-order chi connectivity index (χ1) is 9.06. The molecule has 0 radical (unpaired) electrons. The van der Waals surface area contributed by atoms with Crippen LogP contribution in [-0.4, -0.2) is 10.8 Å². The maximum Gasteiger partial charge on any atom is 0.292 e. The van der Waals surface area contributed by atoms with Crippen molar-refractivity contribution in [3.63, 3.8) is 0 Å². The maximum atomic E-state index is 11.8. The summed E-state index contributed by atoms with van der Waals surface area (Å²) in [5.74, 6) is 0.880. The molecule has 1 amide bonds. The van der Waals surface area contributed by atoms with Gasteiger partial charge < -0.3 is 9.73 Å². The van der Waals surface area contributed by atoms with Crippen LogP contribution < -0.4 is 5.32 Å². The average Bonchev–Trinajstić information content (AvgIpc) is 2.75. The molecule has 0 spiro atoms. The van der Waals surface area contributed by atoms with Crippen LogP contribution in [0.15, 0.2) is 40.8 Å². The van der Waals surface area contributed by atoms with Crippen molar-refractivity contribution in [2.45, 2.75) is 13.3 Å². The van der Waals surface area contributed by atoms with Crippen molar-refractivity contribution >= 4 is 17.3 Å². The van der Waals surface area contributed by atoms with Crippen LogP contribution in [0, 0.1) is 17.0 Å². The molecule has 1 heterocycles. The van der Waals surface area contributed by atoms with Crippen LogP contribution in [0.4, 0.5) is 11.4 Å². The van der Waals surface area contributed by atoms with Crippen LogP contribution in [0.5, 0.6) is 0 Å². The Morgan fingerprint density at radius 1 is 1.32 bits per heavy atom. The van der Waals surface area contributed by atoms with Crippen molar-refractivity contribution in [1.29, 1.82) is 0 Å². The van der Waals surface area contributed by atoms with Crippen molar-refractivity contribution in [1.82, 2.24) is 0 Å². The molecule has 6 heteroatoms. The summed E-state index contributed by atoms with van der Waals surface area (Å²) in [6.07, 6.45) is 0.0416. The molecular formula is C13H12N2O4. The summed E-state index contributed by atoms with van der Waals surface area (Å²) in [7, 11) is 0. The van der Waals surface area contributed by atoms with Gasteiger partial charge in [-0.15, -0.1) is 0 Å². The summed E-state index contributed by atoms with van der Waals surface area (Å²) >= 11 is 0. The van der Waals surface area contributed by atoms with E-state index in [1.807, 2.05) is 0 Å². The Balaban J connectivity index is 2.09. The lowest BCUT2D eigenvalue weighted by atomic mass is 10.2. The molecular weight excluding hydrogens is 248 g/mol. The van der Waals surface area contributed by atoms with Crippen LogP contribution in [0.3, 0.4) is 0 Å². The minimum atomic E-state index is -0.535. The van der Waals surface area contributed by atoms with Crippen LogP contribution >= 0.6 is 0 Å². The predicted octanol–water partition coefficient (Wildman–Crippen LogP) is 2.68. The molecule has 0 saturated carbocycles. The third kappa shape index (κ3) is 3.19. The number of hydrogen-bond donors (Lipinski definition) is 1. The zero-order chi connectivity index (χ0) is 13.8. The monoisotopic (exact) mass is 260 g/mol. The second-order valence-corrected chi connectivity index (χ2v) is 4.01. The number of benzene rings is 1. The molecule has 0 aliphatic carbocycles. The number of para-hydroxylation sites is 2. The number of amides is 1. The predicted molar refractivity (Wildman–Crippen MR) is 68.9 cm³/mol. The Morgan fingerprint density at radius 3 is 2.68 bits per heavy atom. The Kier molecular flexibility index (Phi) is 3.61. The number of nitro groups is 1. The topological polar surface area (TPSA) is 85.4 Å². The minimum absolute atomic E-state index is 0.0416. The van der Waals surface area contributed by atoms with Crippen molar-refractivity contribution in [3.8, 4) is 0 Å². The van der Waals surface area contributed by atoms with Crippen molar-refractivity contribution in [2.24, 2.45) is 0 Å². The Labute approximate surface area is 109 Å². The molecule has 0 bridgehead atoms. The Morgan fingerprint density at radius 2 is 2.05 bits per heavy atom. The zero-order valence-corrected chi connectivity index (χ0v) is 10.3. The first kappa shape index (κ1) is 12.8. The number of nitrogens with one attached hydrogen (secondary N) is 1. The molecule has 1 aromatic carbocycles. The normalized spacial score (nSPS) is 10.2. The number of rotatable bonds is 4. The van der Waals surface area contributed by atoms with Gasteiger partial charge in [-0.1, -0.05) is 12.1 Å². The van der Waals surface area contributed by atoms with E-state index in [-0.39, 0.29) is 23.7 Å². The molecule has 0 aliphatic heterocycles. The molecule has 0 fully saturated rings. The van der Waals surface area contributed by atoms with Gasteiger partial charge in [0.2, 0.25) is 5.91 Å². The lowest BCUT2D eigenvalue weighted by Gasteiger charge is -2.04. The van der Waals surface area contributed by atoms with Gasteiger partial charge in [-0.25, -0.2) is 0 Å². The fourth-order valence-corrected chi connectivity index (χ4v) is 1.67. The summed E-state index contributed by atoms with van der Waals surface area (Å²) in [4.78, 5) is 22.0. The SMILES string of the molecule is Cc1ccc(CC(=O)Nc2ccccc2[N+](=O)[O-])o1. The third-order valence-corrected chi connectivity index (χ3v) is 2.51. The average molecular weight is 260 g/mol. The molecule has 0 unspecified atom stereocenters. The molecule has 0 saturated heterocycles. The van der Waals surface area contributed by atoms with Gasteiger partial charge in [0.25, 0.3) is 5.69 Å². The molecule has 0 atom stereocenters. The maximum absolute atomic E-state index is 11.8. The van der Waals surface area contributed by atoms with Gasteiger partial charge in [-0.05, 0) is 25.1 Å². The first-order valence-electron chi connectivity index (χ1n) is 5.65. The minimum Gasteiger partial charge on any atom is -0.466 e. The van der Waals surface area contributed by atoms with Crippen LogP contribution in [0.25, 0.3) is 0 Å². The molecule has 19 heavy (non-hydrogen) atoms. The summed E-state index contributed by atoms with van der Waals surface area (Å²) in [6, 6.07) is 9.46.